The van der Waals surface area contributed by atoms with Crippen LogP contribution in [0.2, 0.25) is 0 Å². The van der Waals surface area contributed by atoms with E-state index in [1.807, 2.05) is 6.07 Å². The van der Waals surface area contributed by atoms with Gasteiger partial charge in [-0.15, -0.1) is 11.8 Å². The van der Waals surface area contributed by atoms with Crippen molar-refractivity contribution in [2.75, 3.05) is 0 Å². The highest BCUT2D eigenvalue weighted by Crippen LogP contribution is 2.39. The van der Waals surface area contributed by atoms with Gasteiger partial charge in [-0.05, 0) is 30.2 Å². The molecule has 2 rings (SSSR count). The number of hydrogen-bond acceptors (Lipinski definition) is 3. The Labute approximate surface area is 85.8 Å². The first-order valence-electron chi connectivity index (χ1n) is 4.35. The Bertz CT molecular complexity index is 376. The van der Waals surface area contributed by atoms with Crippen LogP contribution in [0, 0.1) is 0 Å². The summed E-state index contributed by atoms with van der Waals surface area (Å²) in [6, 6.07) is 5.19. The molecule has 0 spiro atoms. The van der Waals surface area contributed by atoms with Crippen LogP contribution in [0.15, 0.2) is 23.1 Å². The van der Waals surface area contributed by atoms with E-state index < -0.39 is 5.97 Å². The largest absolute Gasteiger partial charge is 0.508 e. The van der Waals surface area contributed by atoms with E-state index in [0.717, 1.165) is 16.9 Å². The number of carboxylic acid groups (broad SMARTS) is 1. The zero-order valence-corrected chi connectivity index (χ0v) is 8.25. The molecule has 0 aliphatic carbocycles. The summed E-state index contributed by atoms with van der Waals surface area (Å²) in [6.45, 7) is 0. The number of aromatic hydroxyl groups is 1. The van der Waals surface area contributed by atoms with Crippen LogP contribution in [-0.2, 0) is 11.2 Å². The number of benzene rings is 1. The minimum atomic E-state index is -0.764. The molecule has 0 fully saturated rings. The van der Waals surface area contributed by atoms with Gasteiger partial charge in [-0.1, -0.05) is 0 Å². The number of phenolic OH excluding ortho intramolecular Hbond substituents is 1. The normalized spacial score (nSPS) is 19.3. The molecule has 0 radical (unpaired) electrons. The van der Waals surface area contributed by atoms with Crippen molar-refractivity contribution in [3.8, 4) is 5.75 Å². The molecule has 74 valence electrons. The summed E-state index contributed by atoms with van der Waals surface area (Å²) >= 11 is 1.58. The SMILES string of the molecule is O=C(O)CC1Cc2cc(O)ccc2S1. The van der Waals surface area contributed by atoms with Gasteiger partial charge in [0.2, 0.25) is 0 Å². The van der Waals surface area contributed by atoms with Crippen LogP contribution in [0.5, 0.6) is 5.75 Å². The van der Waals surface area contributed by atoms with Crippen LogP contribution >= 0.6 is 11.8 Å². The first-order chi connectivity index (χ1) is 6.65. The lowest BCUT2D eigenvalue weighted by Crippen LogP contribution is -2.08. The van der Waals surface area contributed by atoms with E-state index in [0.29, 0.717) is 0 Å². The third-order valence-corrected chi connectivity index (χ3v) is 3.51. The Balaban J connectivity index is 2.14. The lowest BCUT2D eigenvalue weighted by Gasteiger charge is -2.02. The van der Waals surface area contributed by atoms with Crippen molar-refractivity contribution in [2.24, 2.45) is 0 Å². The van der Waals surface area contributed by atoms with E-state index in [1.165, 1.54) is 0 Å². The van der Waals surface area contributed by atoms with Gasteiger partial charge < -0.3 is 10.2 Å². The molecule has 4 heteroatoms. The molecule has 1 atom stereocenters. The van der Waals surface area contributed by atoms with E-state index in [2.05, 4.69) is 0 Å². The molecule has 1 aromatic carbocycles. The molecule has 1 aliphatic heterocycles. The lowest BCUT2D eigenvalue weighted by molar-refractivity contribution is -0.136. The highest BCUT2D eigenvalue weighted by Gasteiger charge is 2.24. The second-order valence-electron chi connectivity index (χ2n) is 3.33. The lowest BCUT2D eigenvalue weighted by atomic mass is 10.1. The van der Waals surface area contributed by atoms with Gasteiger partial charge in [0.1, 0.15) is 5.75 Å². The molecule has 14 heavy (non-hydrogen) atoms. The second-order valence-corrected chi connectivity index (χ2v) is 4.68. The van der Waals surface area contributed by atoms with E-state index in [9.17, 15) is 9.90 Å². The zero-order chi connectivity index (χ0) is 10.1. The Morgan fingerprint density at radius 1 is 1.57 bits per heavy atom. The molecule has 0 amide bonds. The van der Waals surface area contributed by atoms with Crippen molar-refractivity contribution in [3.05, 3.63) is 23.8 Å². The Morgan fingerprint density at radius 3 is 3.07 bits per heavy atom. The van der Waals surface area contributed by atoms with Gasteiger partial charge in [-0.25, -0.2) is 0 Å². The molecule has 0 aromatic heterocycles. The van der Waals surface area contributed by atoms with Gasteiger partial charge in [0.05, 0.1) is 6.42 Å². The quantitative estimate of drug-likeness (QED) is 0.782. The topological polar surface area (TPSA) is 57.5 Å². The van der Waals surface area contributed by atoms with Crippen molar-refractivity contribution in [1.82, 2.24) is 0 Å². The van der Waals surface area contributed by atoms with Crippen molar-refractivity contribution in [1.29, 1.82) is 0 Å². The Kier molecular flexibility index (Phi) is 2.37. The number of hydrogen-bond donors (Lipinski definition) is 2. The standard InChI is InChI=1S/C10H10O3S/c11-7-1-2-9-6(3-7)4-8(14-9)5-10(12)13/h1-3,8,11H,4-5H2,(H,12,13). The van der Waals surface area contributed by atoms with E-state index >= 15 is 0 Å². The van der Waals surface area contributed by atoms with Crippen LogP contribution in [0.4, 0.5) is 0 Å². The fourth-order valence-electron chi connectivity index (χ4n) is 1.62. The maximum Gasteiger partial charge on any atom is 0.304 e. The van der Waals surface area contributed by atoms with Crippen molar-refractivity contribution >= 4 is 17.7 Å². The predicted octanol–water partition coefficient (Wildman–Crippen LogP) is 1.88. The molecule has 1 aliphatic rings. The molecule has 0 saturated carbocycles. The number of carboxylic acids is 1. The van der Waals surface area contributed by atoms with Crippen LogP contribution < -0.4 is 0 Å². The number of aliphatic carboxylic acids is 1. The molecular formula is C10H10O3S. The van der Waals surface area contributed by atoms with Gasteiger partial charge in [0.15, 0.2) is 0 Å². The molecular weight excluding hydrogens is 200 g/mol. The van der Waals surface area contributed by atoms with Gasteiger partial charge in [-0.3, -0.25) is 4.79 Å². The van der Waals surface area contributed by atoms with Crippen LogP contribution in [0.25, 0.3) is 0 Å². The van der Waals surface area contributed by atoms with Crippen molar-refractivity contribution in [2.45, 2.75) is 23.0 Å². The Morgan fingerprint density at radius 2 is 2.36 bits per heavy atom. The third-order valence-electron chi connectivity index (χ3n) is 2.19. The van der Waals surface area contributed by atoms with Crippen LogP contribution in [0.1, 0.15) is 12.0 Å². The van der Waals surface area contributed by atoms with E-state index in [1.54, 1.807) is 23.9 Å². The number of thioether (sulfide) groups is 1. The molecule has 1 heterocycles. The van der Waals surface area contributed by atoms with Crippen LogP contribution in [0.3, 0.4) is 0 Å². The minimum Gasteiger partial charge on any atom is -0.508 e. The van der Waals surface area contributed by atoms with Gasteiger partial charge in [-0.2, -0.15) is 0 Å². The first-order valence-corrected chi connectivity index (χ1v) is 5.23. The summed E-state index contributed by atoms with van der Waals surface area (Å²) in [6.07, 6.45) is 0.917. The molecule has 0 bridgehead atoms. The number of rotatable bonds is 2. The zero-order valence-electron chi connectivity index (χ0n) is 7.43. The maximum absolute atomic E-state index is 10.5. The first kappa shape index (κ1) is 9.40. The fraction of sp³-hybridized carbons (Fsp3) is 0.300. The van der Waals surface area contributed by atoms with Gasteiger partial charge in [0, 0.05) is 10.1 Å². The fourth-order valence-corrected chi connectivity index (χ4v) is 2.90. The smallest absolute Gasteiger partial charge is 0.304 e. The molecule has 1 unspecified atom stereocenters. The number of carbonyl (C=O) groups is 1. The van der Waals surface area contributed by atoms with Gasteiger partial charge >= 0.3 is 5.97 Å². The van der Waals surface area contributed by atoms with Crippen molar-refractivity contribution < 1.29 is 15.0 Å². The monoisotopic (exact) mass is 210 g/mol. The summed E-state index contributed by atoms with van der Waals surface area (Å²) in [5.41, 5.74) is 1.06. The summed E-state index contributed by atoms with van der Waals surface area (Å²) < 4.78 is 0. The number of phenols is 1. The average Bonchev–Trinajstić information content (AvgIpc) is 2.44. The molecule has 1 aromatic rings. The second kappa shape index (κ2) is 3.53. The minimum absolute atomic E-state index is 0.115. The maximum atomic E-state index is 10.5. The Hall–Kier alpha value is -1.16. The summed E-state index contributed by atoms with van der Waals surface area (Å²) in [5, 5.41) is 18.0. The molecule has 2 N–H and O–H groups in total. The summed E-state index contributed by atoms with van der Waals surface area (Å²) in [4.78, 5) is 11.6. The highest BCUT2D eigenvalue weighted by molar-refractivity contribution is 8.00. The average molecular weight is 210 g/mol. The van der Waals surface area contributed by atoms with E-state index in [-0.39, 0.29) is 17.4 Å². The van der Waals surface area contributed by atoms with Crippen LogP contribution in [-0.4, -0.2) is 21.4 Å². The summed E-state index contributed by atoms with van der Waals surface area (Å²) in [7, 11) is 0. The third kappa shape index (κ3) is 1.85. The molecule has 3 nitrogen and oxygen atoms in total. The van der Waals surface area contributed by atoms with Gasteiger partial charge in [0.25, 0.3) is 0 Å². The summed E-state index contributed by atoms with van der Waals surface area (Å²) in [5.74, 6) is -0.514. The predicted molar refractivity (Wildman–Crippen MR) is 53.7 cm³/mol. The highest BCUT2D eigenvalue weighted by atomic mass is 32.2. The van der Waals surface area contributed by atoms with E-state index in [4.69, 9.17) is 5.11 Å². The van der Waals surface area contributed by atoms with Crippen molar-refractivity contribution in [3.63, 3.8) is 0 Å². The molecule has 0 saturated heterocycles. The number of fused-ring (bicyclic) bond motifs is 1.